The van der Waals surface area contributed by atoms with E-state index in [1.807, 2.05) is 37.3 Å². The van der Waals surface area contributed by atoms with Gasteiger partial charge in [-0.25, -0.2) is 0 Å². The van der Waals surface area contributed by atoms with E-state index < -0.39 is 10.8 Å². The number of benzene rings is 1. The first-order chi connectivity index (χ1) is 9.04. The molecule has 1 N–H and O–H groups in total. The van der Waals surface area contributed by atoms with Crippen LogP contribution in [0.2, 0.25) is 5.02 Å². The second-order valence-electron chi connectivity index (χ2n) is 4.39. The summed E-state index contributed by atoms with van der Waals surface area (Å²) in [5, 5.41) is 3.91. The normalized spacial score (nSPS) is 12.4. The Labute approximate surface area is 120 Å². The zero-order valence-electron chi connectivity index (χ0n) is 10.9. The monoisotopic (exact) mass is 297 g/mol. The smallest absolute Gasteiger partial charge is 0.123 e. The highest BCUT2D eigenvalue weighted by Crippen LogP contribution is 2.22. The molecule has 0 radical (unpaired) electrons. The fourth-order valence-corrected chi connectivity index (χ4v) is 2.72. The van der Waals surface area contributed by atoms with Crippen molar-refractivity contribution in [3.63, 3.8) is 0 Å². The van der Waals surface area contributed by atoms with E-state index in [2.05, 4.69) is 5.32 Å². The summed E-state index contributed by atoms with van der Waals surface area (Å²) in [4.78, 5) is 0. The third kappa shape index (κ3) is 4.11. The highest BCUT2D eigenvalue weighted by molar-refractivity contribution is 7.83. The summed E-state index contributed by atoms with van der Waals surface area (Å²) >= 11 is 6.08. The van der Waals surface area contributed by atoms with Crippen LogP contribution in [0.3, 0.4) is 0 Å². The maximum Gasteiger partial charge on any atom is 0.123 e. The Kier molecular flexibility index (Phi) is 4.66. The van der Waals surface area contributed by atoms with E-state index in [1.54, 1.807) is 6.26 Å². The number of furan rings is 1. The van der Waals surface area contributed by atoms with Gasteiger partial charge >= 0.3 is 0 Å². The Bertz CT molecular complexity index is 595. The minimum atomic E-state index is -0.902. The molecule has 1 aromatic heterocycles. The summed E-state index contributed by atoms with van der Waals surface area (Å²) < 4.78 is 16.8. The number of nitrogens with one attached hydrogen (secondary N) is 1. The number of aryl methyl sites for hydroxylation is 1. The van der Waals surface area contributed by atoms with Crippen LogP contribution in [-0.2, 0) is 23.1 Å². The van der Waals surface area contributed by atoms with Gasteiger partial charge in [-0.2, -0.15) is 0 Å². The van der Waals surface area contributed by atoms with Gasteiger partial charge in [-0.1, -0.05) is 11.6 Å². The van der Waals surface area contributed by atoms with Crippen molar-refractivity contribution in [1.82, 2.24) is 0 Å². The average Bonchev–Trinajstić information content (AvgIpc) is 2.75. The fourth-order valence-electron chi connectivity index (χ4n) is 1.78. The molecule has 5 heteroatoms. The van der Waals surface area contributed by atoms with Crippen LogP contribution in [0.1, 0.15) is 17.1 Å². The predicted octanol–water partition coefficient (Wildman–Crippen LogP) is 3.73. The van der Waals surface area contributed by atoms with Crippen molar-refractivity contribution < 1.29 is 8.63 Å². The van der Waals surface area contributed by atoms with Gasteiger partial charge in [0, 0.05) is 33.5 Å². The molecule has 1 aromatic carbocycles. The highest BCUT2D eigenvalue weighted by Gasteiger charge is 2.05. The standard InChI is InChI=1S/C14H16ClNO2S/c1-10-3-5-13(18-10)8-16-12-4-6-14(15)11(7-12)9-19(2)17/h3-7,16H,8-9H2,1-2H3/t19-/m1/s1. The molecule has 0 saturated heterocycles. The molecule has 0 bridgehead atoms. The van der Waals surface area contributed by atoms with Crippen LogP contribution in [-0.4, -0.2) is 10.5 Å². The molecule has 0 unspecified atom stereocenters. The minimum absolute atomic E-state index is 0.466. The van der Waals surface area contributed by atoms with Gasteiger partial charge in [0.2, 0.25) is 0 Å². The van der Waals surface area contributed by atoms with Gasteiger partial charge in [-0.05, 0) is 42.8 Å². The van der Waals surface area contributed by atoms with Crippen molar-refractivity contribution in [2.45, 2.75) is 19.2 Å². The van der Waals surface area contributed by atoms with Crippen molar-refractivity contribution in [1.29, 1.82) is 0 Å². The lowest BCUT2D eigenvalue weighted by Crippen LogP contribution is -2.00. The van der Waals surface area contributed by atoms with Crippen molar-refractivity contribution in [3.8, 4) is 0 Å². The van der Waals surface area contributed by atoms with Crippen LogP contribution >= 0.6 is 11.6 Å². The van der Waals surface area contributed by atoms with Crippen LogP contribution < -0.4 is 5.32 Å². The van der Waals surface area contributed by atoms with Crippen LogP contribution in [0.5, 0.6) is 0 Å². The van der Waals surface area contributed by atoms with E-state index in [4.69, 9.17) is 16.0 Å². The van der Waals surface area contributed by atoms with Crippen molar-refractivity contribution in [3.05, 3.63) is 52.4 Å². The average molecular weight is 298 g/mol. The number of anilines is 1. The molecule has 0 aliphatic heterocycles. The number of hydrogen-bond donors (Lipinski definition) is 1. The lowest BCUT2D eigenvalue weighted by Gasteiger charge is -2.08. The molecular formula is C14H16ClNO2S. The third-order valence-electron chi connectivity index (χ3n) is 2.67. The van der Waals surface area contributed by atoms with Gasteiger partial charge in [0.05, 0.1) is 6.54 Å². The fraction of sp³-hybridized carbons (Fsp3) is 0.286. The van der Waals surface area contributed by atoms with Crippen LogP contribution in [0.4, 0.5) is 5.69 Å². The molecule has 0 aliphatic rings. The topological polar surface area (TPSA) is 42.2 Å². The quantitative estimate of drug-likeness (QED) is 0.914. The minimum Gasteiger partial charge on any atom is -0.465 e. The zero-order valence-corrected chi connectivity index (χ0v) is 12.5. The zero-order chi connectivity index (χ0) is 13.8. The van der Waals surface area contributed by atoms with Crippen molar-refractivity contribution >= 4 is 28.1 Å². The number of rotatable bonds is 5. The summed E-state index contributed by atoms with van der Waals surface area (Å²) in [6.07, 6.45) is 1.67. The summed E-state index contributed by atoms with van der Waals surface area (Å²) in [7, 11) is -0.902. The first-order valence-corrected chi connectivity index (χ1v) is 8.03. The van der Waals surface area contributed by atoms with Gasteiger partial charge in [-0.15, -0.1) is 0 Å². The number of halogens is 1. The highest BCUT2D eigenvalue weighted by atomic mass is 35.5. The Morgan fingerprint density at radius 2 is 2.11 bits per heavy atom. The van der Waals surface area contributed by atoms with E-state index in [0.29, 0.717) is 17.3 Å². The maximum atomic E-state index is 11.3. The van der Waals surface area contributed by atoms with Crippen molar-refractivity contribution in [2.24, 2.45) is 0 Å². The van der Waals surface area contributed by atoms with Gasteiger partial charge in [-0.3, -0.25) is 4.21 Å². The lowest BCUT2D eigenvalue weighted by atomic mass is 10.2. The van der Waals surface area contributed by atoms with Crippen LogP contribution in [0.15, 0.2) is 34.7 Å². The van der Waals surface area contributed by atoms with Crippen LogP contribution in [0.25, 0.3) is 0 Å². The summed E-state index contributed by atoms with van der Waals surface area (Å²) in [5.41, 5.74) is 1.84. The summed E-state index contributed by atoms with van der Waals surface area (Å²) in [5.74, 6) is 2.25. The van der Waals surface area contributed by atoms with E-state index in [-0.39, 0.29) is 0 Å². The Morgan fingerprint density at radius 3 is 2.74 bits per heavy atom. The molecule has 2 rings (SSSR count). The van der Waals surface area contributed by atoms with Crippen LogP contribution in [0, 0.1) is 6.92 Å². The van der Waals surface area contributed by atoms with E-state index in [9.17, 15) is 4.21 Å². The molecule has 0 spiro atoms. The van der Waals surface area contributed by atoms with Gasteiger partial charge in [0.15, 0.2) is 0 Å². The van der Waals surface area contributed by atoms with Gasteiger partial charge in [0.1, 0.15) is 11.5 Å². The largest absolute Gasteiger partial charge is 0.465 e. The van der Waals surface area contributed by atoms with Gasteiger partial charge < -0.3 is 9.73 Å². The van der Waals surface area contributed by atoms with E-state index in [0.717, 1.165) is 22.8 Å². The molecule has 1 atom stereocenters. The predicted molar refractivity (Wildman–Crippen MR) is 80.0 cm³/mol. The molecule has 2 aromatic rings. The Morgan fingerprint density at radius 1 is 1.32 bits per heavy atom. The molecule has 102 valence electrons. The molecule has 19 heavy (non-hydrogen) atoms. The Balaban J connectivity index is 2.06. The molecule has 3 nitrogen and oxygen atoms in total. The summed E-state index contributed by atoms with van der Waals surface area (Å²) in [6.45, 7) is 2.53. The second kappa shape index (κ2) is 6.26. The lowest BCUT2D eigenvalue weighted by molar-refractivity contribution is 0.490. The van der Waals surface area contributed by atoms with Gasteiger partial charge in [0.25, 0.3) is 0 Å². The molecule has 0 aliphatic carbocycles. The molecule has 0 saturated carbocycles. The second-order valence-corrected chi connectivity index (χ2v) is 6.23. The number of hydrogen-bond acceptors (Lipinski definition) is 3. The van der Waals surface area contributed by atoms with Crippen molar-refractivity contribution in [2.75, 3.05) is 11.6 Å². The SMILES string of the molecule is Cc1ccc(CNc2ccc(Cl)c(C[S@@](C)=O)c2)o1. The van der Waals surface area contributed by atoms with E-state index in [1.165, 1.54) is 0 Å². The molecule has 0 amide bonds. The molecule has 1 heterocycles. The molecular weight excluding hydrogens is 282 g/mol. The maximum absolute atomic E-state index is 11.3. The summed E-state index contributed by atoms with van der Waals surface area (Å²) in [6, 6.07) is 9.53. The Hall–Kier alpha value is -1.26. The molecule has 0 fully saturated rings. The first-order valence-electron chi connectivity index (χ1n) is 5.92. The first kappa shape index (κ1) is 14.2. The third-order valence-corrected chi connectivity index (χ3v) is 3.75. The van der Waals surface area contributed by atoms with E-state index >= 15 is 0 Å².